The summed E-state index contributed by atoms with van der Waals surface area (Å²) in [6, 6.07) is 15.7. The molecule has 0 saturated heterocycles. The van der Waals surface area contributed by atoms with E-state index in [0.717, 1.165) is 16.1 Å². The van der Waals surface area contributed by atoms with Gasteiger partial charge in [-0.15, -0.1) is 10.2 Å². The van der Waals surface area contributed by atoms with E-state index in [1.807, 2.05) is 30.3 Å². The van der Waals surface area contributed by atoms with Crippen LogP contribution in [0.15, 0.2) is 58.9 Å². The average molecular weight is 467 g/mol. The molecule has 0 radical (unpaired) electrons. The minimum atomic E-state index is -3.73. The molecular formula is C19H19FN4O3S3. The summed E-state index contributed by atoms with van der Waals surface area (Å²) in [6.07, 6.45) is 0.977. The normalized spacial score (nSPS) is 11.6. The van der Waals surface area contributed by atoms with Crippen LogP contribution in [0.3, 0.4) is 0 Å². The number of halogens is 1. The van der Waals surface area contributed by atoms with Crippen molar-refractivity contribution in [2.24, 2.45) is 0 Å². The highest BCUT2D eigenvalue weighted by Crippen LogP contribution is 2.28. The number of carbonyl (C=O) groups excluding carboxylic acids is 1. The summed E-state index contributed by atoms with van der Waals surface area (Å²) in [7, 11) is -3.73. The number of rotatable bonds is 9. The van der Waals surface area contributed by atoms with Gasteiger partial charge < -0.3 is 0 Å². The molecule has 0 aliphatic heterocycles. The van der Waals surface area contributed by atoms with Crippen molar-refractivity contribution in [2.45, 2.75) is 16.6 Å². The molecule has 0 aliphatic carbocycles. The highest BCUT2D eigenvalue weighted by Gasteiger charge is 2.22. The van der Waals surface area contributed by atoms with Crippen LogP contribution in [0.5, 0.6) is 0 Å². The van der Waals surface area contributed by atoms with E-state index in [9.17, 15) is 17.6 Å². The Morgan fingerprint density at radius 3 is 2.53 bits per heavy atom. The maximum absolute atomic E-state index is 13.9. The Labute approximate surface area is 182 Å². The summed E-state index contributed by atoms with van der Waals surface area (Å²) in [6.45, 7) is -0.702. The summed E-state index contributed by atoms with van der Waals surface area (Å²) in [5, 5.41) is 10.8. The fourth-order valence-electron chi connectivity index (χ4n) is 2.46. The maximum atomic E-state index is 13.9. The van der Waals surface area contributed by atoms with Crippen LogP contribution in [-0.4, -0.2) is 41.6 Å². The third kappa shape index (κ3) is 6.59. The van der Waals surface area contributed by atoms with Crippen LogP contribution >= 0.6 is 23.1 Å². The fraction of sp³-hybridized carbons (Fsp3) is 0.211. The fourth-order valence-corrected chi connectivity index (χ4v) is 4.91. The molecule has 1 aromatic heterocycles. The van der Waals surface area contributed by atoms with Gasteiger partial charge in [0.2, 0.25) is 21.1 Å². The number of nitrogens with one attached hydrogen (secondary N) is 1. The lowest BCUT2D eigenvalue weighted by atomic mass is 10.2. The second kappa shape index (κ2) is 10.1. The quantitative estimate of drug-likeness (QED) is 0.384. The summed E-state index contributed by atoms with van der Waals surface area (Å²) in [5.74, 6) is -0.392. The van der Waals surface area contributed by atoms with Crippen LogP contribution in [0.2, 0.25) is 0 Å². The number of sulfonamides is 1. The molecule has 1 N–H and O–H groups in total. The lowest BCUT2D eigenvalue weighted by Crippen LogP contribution is -2.37. The molecule has 11 heteroatoms. The van der Waals surface area contributed by atoms with E-state index in [1.54, 1.807) is 6.07 Å². The first-order chi connectivity index (χ1) is 14.3. The lowest BCUT2D eigenvalue weighted by molar-refractivity contribution is -0.116. The first-order valence-corrected chi connectivity index (χ1v) is 12.4. The molecule has 3 aromatic rings. The molecule has 0 saturated carbocycles. The molecule has 0 bridgehead atoms. The number of carbonyl (C=O) groups is 1. The third-order valence-electron chi connectivity index (χ3n) is 3.95. The van der Waals surface area contributed by atoms with Gasteiger partial charge in [-0.1, -0.05) is 71.6 Å². The zero-order chi connectivity index (χ0) is 21.6. The lowest BCUT2D eigenvalue weighted by Gasteiger charge is -2.19. The number of aromatic nitrogens is 2. The van der Waals surface area contributed by atoms with Crippen LogP contribution in [-0.2, 0) is 27.1 Å². The molecular weight excluding hydrogens is 447 g/mol. The summed E-state index contributed by atoms with van der Waals surface area (Å²) >= 11 is 2.69. The minimum absolute atomic E-state index is 0.186. The molecule has 2 aromatic carbocycles. The number of hydrogen-bond donors (Lipinski definition) is 1. The standard InChI is InChI=1S/C19H19FN4O3S3/c1-30(26,27)24(11-15-9-5-6-10-16(15)20)12-17(25)21-18-22-23-19(29-18)28-13-14-7-3-2-4-8-14/h2-10H,11-13H2,1H3,(H,21,22,25). The third-order valence-corrected chi connectivity index (χ3v) is 7.19. The largest absolute Gasteiger partial charge is 0.299 e. The summed E-state index contributed by atoms with van der Waals surface area (Å²) in [4.78, 5) is 12.4. The van der Waals surface area contributed by atoms with Gasteiger partial charge in [-0.3, -0.25) is 10.1 Å². The monoisotopic (exact) mass is 466 g/mol. The molecule has 0 unspecified atom stereocenters. The van der Waals surface area contributed by atoms with E-state index in [1.165, 1.54) is 41.3 Å². The molecule has 0 aliphatic rings. The van der Waals surface area contributed by atoms with Gasteiger partial charge in [-0.2, -0.15) is 4.31 Å². The van der Waals surface area contributed by atoms with Crippen molar-refractivity contribution in [1.82, 2.24) is 14.5 Å². The number of benzene rings is 2. The van der Waals surface area contributed by atoms with Gasteiger partial charge in [0.25, 0.3) is 0 Å². The second-order valence-electron chi connectivity index (χ2n) is 6.32. The van der Waals surface area contributed by atoms with Crippen LogP contribution in [0.25, 0.3) is 0 Å². The molecule has 1 heterocycles. The minimum Gasteiger partial charge on any atom is -0.299 e. The maximum Gasteiger partial charge on any atom is 0.241 e. The highest BCUT2D eigenvalue weighted by atomic mass is 32.2. The Morgan fingerprint density at radius 1 is 1.13 bits per heavy atom. The van der Waals surface area contributed by atoms with Gasteiger partial charge in [0.1, 0.15) is 5.82 Å². The van der Waals surface area contributed by atoms with Crippen LogP contribution < -0.4 is 5.32 Å². The van der Waals surface area contributed by atoms with Crippen molar-refractivity contribution in [2.75, 3.05) is 18.1 Å². The first-order valence-electron chi connectivity index (χ1n) is 8.80. The van der Waals surface area contributed by atoms with E-state index in [4.69, 9.17) is 0 Å². The van der Waals surface area contributed by atoms with Crippen molar-refractivity contribution >= 4 is 44.2 Å². The molecule has 1 amide bonds. The smallest absolute Gasteiger partial charge is 0.241 e. The van der Waals surface area contributed by atoms with E-state index in [2.05, 4.69) is 15.5 Å². The predicted molar refractivity (Wildman–Crippen MR) is 116 cm³/mol. The SMILES string of the molecule is CS(=O)(=O)N(CC(=O)Nc1nnc(SCc2ccccc2)s1)Cc1ccccc1F. The van der Waals surface area contributed by atoms with Gasteiger partial charge in [0, 0.05) is 17.9 Å². The van der Waals surface area contributed by atoms with E-state index in [0.29, 0.717) is 10.1 Å². The van der Waals surface area contributed by atoms with Gasteiger partial charge in [-0.05, 0) is 11.6 Å². The van der Waals surface area contributed by atoms with Crippen molar-refractivity contribution in [3.05, 3.63) is 71.5 Å². The molecule has 7 nitrogen and oxygen atoms in total. The van der Waals surface area contributed by atoms with Crippen molar-refractivity contribution in [3.8, 4) is 0 Å². The van der Waals surface area contributed by atoms with Gasteiger partial charge in [0.05, 0.1) is 12.8 Å². The number of anilines is 1. The number of amides is 1. The van der Waals surface area contributed by atoms with E-state index >= 15 is 0 Å². The van der Waals surface area contributed by atoms with Gasteiger partial charge in [0.15, 0.2) is 4.34 Å². The molecule has 0 fully saturated rings. The summed E-state index contributed by atoms with van der Waals surface area (Å²) < 4.78 is 39.6. The topological polar surface area (TPSA) is 92.3 Å². The van der Waals surface area contributed by atoms with E-state index in [-0.39, 0.29) is 17.2 Å². The van der Waals surface area contributed by atoms with Crippen molar-refractivity contribution in [3.63, 3.8) is 0 Å². The Bertz CT molecular complexity index is 1110. The molecule has 0 spiro atoms. The molecule has 30 heavy (non-hydrogen) atoms. The molecule has 158 valence electrons. The van der Waals surface area contributed by atoms with Gasteiger partial charge >= 0.3 is 0 Å². The Kier molecular flexibility index (Phi) is 7.53. The van der Waals surface area contributed by atoms with Crippen molar-refractivity contribution < 1.29 is 17.6 Å². The number of hydrogen-bond acceptors (Lipinski definition) is 7. The zero-order valence-electron chi connectivity index (χ0n) is 16.0. The molecule has 0 atom stereocenters. The van der Waals surface area contributed by atoms with E-state index < -0.39 is 28.3 Å². The van der Waals surface area contributed by atoms with Crippen LogP contribution in [0, 0.1) is 5.82 Å². The number of thioether (sulfide) groups is 1. The Morgan fingerprint density at radius 2 is 1.83 bits per heavy atom. The first kappa shape index (κ1) is 22.3. The average Bonchev–Trinajstić information content (AvgIpc) is 3.15. The van der Waals surface area contributed by atoms with Gasteiger partial charge in [-0.25, -0.2) is 12.8 Å². The Balaban J connectivity index is 1.59. The second-order valence-corrected chi connectivity index (χ2v) is 10.5. The number of nitrogens with zero attached hydrogens (tertiary/aromatic N) is 3. The zero-order valence-corrected chi connectivity index (χ0v) is 18.4. The van der Waals surface area contributed by atoms with Crippen LogP contribution in [0.4, 0.5) is 9.52 Å². The predicted octanol–water partition coefficient (Wildman–Crippen LogP) is 3.37. The summed E-state index contributed by atoms with van der Waals surface area (Å²) in [5.41, 5.74) is 1.33. The van der Waals surface area contributed by atoms with Crippen LogP contribution in [0.1, 0.15) is 11.1 Å². The molecule has 3 rings (SSSR count). The highest BCUT2D eigenvalue weighted by molar-refractivity contribution is 8.00. The Hall–Kier alpha value is -2.34. The van der Waals surface area contributed by atoms with Crippen molar-refractivity contribution in [1.29, 1.82) is 0 Å².